The van der Waals surface area contributed by atoms with Gasteiger partial charge in [0, 0.05) is 6.54 Å². The van der Waals surface area contributed by atoms with E-state index in [1.54, 1.807) is 32.0 Å². The van der Waals surface area contributed by atoms with Gasteiger partial charge in [0.1, 0.15) is 0 Å². The summed E-state index contributed by atoms with van der Waals surface area (Å²) in [7, 11) is 0. The summed E-state index contributed by atoms with van der Waals surface area (Å²) in [6.45, 7) is 4.04. The monoisotopic (exact) mass is 254 g/mol. The lowest BCUT2D eigenvalue weighted by Crippen LogP contribution is -2.47. The Balaban J connectivity index is 3.23. The molecular formula is C11H15ClN4O. The summed E-state index contributed by atoms with van der Waals surface area (Å²) in [4.78, 5) is 12.9. The number of guanidine groups is 1. The molecule has 92 valence electrons. The lowest BCUT2D eigenvalue weighted by molar-refractivity contribution is 0.249. The van der Waals surface area contributed by atoms with E-state index in [1.165, 1.54) is 0 Å². The Bertz CT molecular complexity index is 427. The molecule has 0 aliphatic rings. The van der Waals surface area contributed by atoms with E-state index in [2.05, 4.69) is 5.32 Å². The van der Waals surface area contributed by atoms with Crippen LogP contribution >= 0.6 is 11.6 Å². The molecular weight excluding hydrogens is 240 g/mol. The minimum absolute atomic E-state index is 0.368. The highest BCUT2D eigenvalue weighted by atomic mass is 35.5. The van der Waals surface area contributed by atoms with Crippen LogP contribution in [0.2, 0.25) is 5.02 Å². The third-order valence-electron chi connectivity index (χ3n) is 2.18. The Hall–Kier alpha value is -1.75. The Morgan fingerprint density at radius 1 is 1.59 bits per heavy atom. The maximum atomic E-state index is 11.8. The number of benzene rings is 1. The molecule has 0 fully saturated rings. The van der Waals surface area contributed by atoms with E-state index in [9.17, 15) is 4.79 Å². The molecule has 0 saturated carbocycles. The van der Waals surface area contributed by atoms with Crippen LogP contribution < -0.4 is 16.0 Å². The minimum atomic E-state index is -0.462. The van der Waals surface area contributed by atoms with Gasteiger partial charge in [-0.15, -0.1) is 0 Å². The van der Waals surface area contributed by atoms with Crippen LogP contribution in [0.5, 0.6) is 0 Å². The van der Waals surface area contributed by atoms with Crippen LogP contribution in [-0.2, 0) is 0 Å². The van der Waals surface area contributed by atoms with Crippen LogP contribution in [0.1, 0.15) is 12.5 Å². The average molecular weight is 255 g/mol. The minimum Gasteiger partial charge on any atom is -0.369 e. The second-order valence-corrected chi connectivity index (χ2v) is 3.87. The molecule has 0 unspecified atom stereocenters. The van der Waals surface area contributed by atoms with E-state index in [4.69, 9.17) is 22.7 Å². The maximum Gasteiger partial charge on any atom is 0.328 e. The highest BCUT2D eigenvalue weighted by molar-refractivity contribution is 6.35. The van der Waals surface area contributed by atoms with Crippen molar-refractivity contribution in [1.82, 2.24) is 5.32 Å². The number of anilines is 1. The molecule has 17 heavy (non-hydrogen) atoms. The van der Waals surface area contributed by atoms with Crippen LogP contribution in [0, 0.1) is 12.3 Å². The molecule has 5 nitrogen and oxygen atoms in total. The second kappa shape index (κ2) is 5.54. The number of rotatable bonds is 2. The van der Waals surface area contributed by atoms with Crippen molar-refractivity contribution in [1.29, 1.82) is 5.41 Å². The number of nitrogens with one attached hydrogen (secondary N) is 2. The van der Waals surface area contributed by atoms with Gasteiger partial charge in [-0.2, -0.15) is 0 Å². The molecule has 1 rings (SSSR count). The Kier molecular flexibility index (Phi) is 4.34. The summed E-state index contributed by atoms with van der Waals surface area (Å²) >= 11 is 6.04. The zero-order valence-corrected chi connectivity index (χ0v) is 10.5. The van der Waals surface area contributed by atoms with Crippen molar-refractivity contribution in [2.75, 3.05) is 11.4 Å². The van der Waals surface area contributed by atoms with E-state index < -0.39 is 6.03 Å². The fourth-order valence-electron chi connectivity index (χ4n) is 1.47. The number of urea groups is 1. The number of amides is 2. The number of hydrogen-bond acceptors (Lipinski definition) is 2. The van der Waals surface area contributed by atoms with Crippen molar-refractivity contribution in [2.45, 2.75) is 13.8 Å². The van der Waals surface area contributed by atoms with Gasteiger partial charge in [-0.05, 0) is 25.5 Å². The van der Waals surface area contributed by atoms with Gasteiger partial charge in [0.2, 0.25) is 5.96 Å². The molecule has 1 aromatic carbocycles. The summed E-state index contributed by atoms with van der Waals surface area (Å²) in [5.41, 5.74) is 6.64. The lowest BCUT2D eigenvalue weighted by Gasteiger charge is -2.23. The van der Waals surface area contributed by atoms with Gasteiger partial charge < -0.3 is 11.1 Å². The van der Waals surface area contributed by atoms with E-state index in [0.717, 1.165) is 10.5 Å². The molecule has 0 heterocycles. The van der Waals surface area contributed by atoms with Gasteiger partial charge in [-0.3, -0.25) is 5.41 Å². The highest BCUT2D eigenvalue weighted by Crippen LogP contribution is 2.29. The number of halogens is 1. The predicted molar refractivity (Wildman–Crippen MR) is 69.7 cm³/mol. The van der Waals surface area contributed by atoms with Gasteiger partial charge in [0.05, 0.1) is 10.7 Å². The van der Waals surface area contributed by atoms with E-state index in [0.29, 0.717) is 17.3 Å². The first-order valence-electron chi connectivity index (χ1n) is 5.16. The third kappa shape index (κ3) is 2.88. The van der Waals surface area contributed by atoms with Crippen molar-refractivity contribution >= 4 is 29.3 Å². The van der Waals surface area contributed by atoms with Crippen LogP contribution in [0.3, 0.4) is 0 Å². The molecule has 0 aromatic heterocycles. The number of para-hydroxylation sites is 1. The van der Waals surface area contributed by atoms with E-state index in [-0.39, 0.29) is 5.96 Å². The summed E-state index contributed by atoms with van der Waals surface area (Å²) in [5.74, 6) is -0.368. The molecule has 1 aromatic rings. The Morgan fingerprint density at radius 3 is 2.71 bits per heavy atom. The van der Waals surface area contributed by atoms with Gasteiger partial charge in [-0.1, -0.05) is 23.7 Å². The molecule has 0 radical (unpaired) electrons. The fraction of sp³-hybridized carbons (Fsp3) is 0.273. The van der Waals surface area contributed by atoms with Gasteiger partial charge in [0.15, 0.2) is 0 Å². The first-order chi connectivity index (χ1) is 7.99. The van der Waals surface area contributed by atoms with Gasteiger partial charge >= 0.3 is 6.03 Å². The lowest BCUT2D eigenvalue weighted by atomic mass is 10.2. The van der Waals surface area contributed by atoms with E-state index in [1.807, 2.05) is 0 Å². The molecule has 0 atom stereocenters. The number of hydrogen-bond donors (Lipinski definition) is 3. The summed E-state index contributed by atoms with van der Waals surface area (Å²) < 4.78 is 0. The molecule has 0 aliphatic carbocycles. The average Bonchev–Trinajstić information content (AvgIpc) is 2.23. The quantitative estimate of drug-likeness (QED) is 0.558. The van der Waals surface area contributed by atoms with Crippen LogP contribution in [0.15, 0.2) is 18.2 Å². The number of nitrogens with zero attached hydrogens (tertiary/aromatic N) is 1. The topological polar surface area (TPSA) is 82.2 Å². The Morgan fingerprint density at radius 2 is 2.24 bits per heavy atom. The number of carbonyl (C=O) groups excluding carboxylic acids is 1. The second-order valence-electron chi connectivity index (χ2n) is 3.46. The molecule has 2 amide bonds. The maximum absolute atomic E-state index is 11.8. The van der Waals surface area contributed by atoms with Crippen molar-refractivity contribution < 1.29 is 4.79 Å². The molecule has 0 spiro atoms. The van der Waals surface area contributed by atoms with Crippen molar-refractivity contribution in [3.8, 4) is 0 Å². The zero-order chi connectivity index (χ0) is 13.0. The van der Waals surface area contributed by atoms with Crippen LogP contribution in [0.25, 0.3) is 0 Å². The van der Waals surface area contributed by atoms with Crippen molar-refractivity contribution in [3.63, 3.8) is 0 Å². The third-order valence-corrected chi connectivity index (χ3v) is 2.49. The standard InChI is InChI=1S/C11H15ClN4O/c1-3-15-11(17)16(10(13)14)9-7(2)5-4-6-8(9)12/h4-6H,3H2,1-2H3,(H3,13,14)(H,15,17). The fourth-order valence-corrected chi connectivity index (χ4v) is 1.77. The molecule has 4 N–H and O–H groups in total. The number of nitrogens with two attached hydrogens (primary N) is 1. The highest BCUT2D eigenvalue weighted by Gasteiger charge is 2.22. The first kappa shape index (κ1) is 13.3. The van der Waals surface area contributed by atoms with Crippen molar-refractivity contribution in [2.24, 2.45) is 5.73 Å². The molecule has 0 aliphatic heterocycles. The molecule has 0 bridgehead atoms. The zero-order valence-electron chi connectivity index (χ0n) is 9.75. The smallest absolute Gasteiger partial charge is 0.328 e. The predicted octanol–water partition coefficient (Wildman–Crippen LogP) is 2.08. The summed E-state index contributed by atoms with van der Waals surface area (Å²) in [6.07, 6.45) is 0. The largest absolute Gasteiger partial charge is 0.369 e. The van der Waals surface area contributed by atoms with Crippen molar-refractivity contribution in [3.05, 3.63) is 28.8 Å². The normalized spacial score (nSPS) is 9.82. The SMILES string of the molecule is CCNC(=O)N(C(=N)N)c1c(C)cccc1Cl. The number of carbonyl (C=O) groups is 1. The summed E-state index contributed by atoms with van der Waals surface area (Å²) in [5, 5.41) is 10.4. The first-order valence-corrected chi connectivity index (χ1v) is 5.54. The van der Waals surface area contributed by atoms with Gasteiger partial charge in [0.25, 0.3) is 0 Å². The summed E-state index contributed by atoms with van der Waals surface area (Å²) in [6, 6.07) is 4.77. The van der Waals surface area contributed by atoms with E-state index >= 15 is 0 Å². The van der Waals surface area contributed by atoms with Crippen LogP contribution in [0.4, 0.5) is 10.5 Å². The molecule has 0 saturated heterocycles. The Labute approximate surface area is 105 Å². The number of aryl methyl sites for hydroxylation is 1. The van der Waals surface area contributed by atoms with Crippen LogP contribution in [-0.4, -0.2) is 18.5 Å². The molecule has 6 heteroatoms. The van der Waals surface area contributed by atoms with Gasteiger partial charge in [-0.25, -0.2) is 9.69 Å².